The molecule has 0 aliphatic rings. The van der Waals surface area contributed by atoms with Crippen LogP contribution < -0.4 is 5.73 Å². The molecule has 3 heteroatoms. The van der Waals surface area contributed by atoms with Gasteiger partial charge in [-0.05, 0) is 32.9 Å². The van der Waals surface area contributed by atoms with Gasteiger partial charge in [-0.2, -0.15) is 0 Å². The van der Waals surface area contributed by atoms with Gasteiger partial charge in [0.05, 0.1) is 12.7 Å². The lowest BCUT2D eigenvalue weighted by atomic mass is 10.2. The Kier molecular flexibility index (Phi) is 4.17. The van der Waals surface area contributed by atoms with Gasteiger partial charge in [-0.25, -0.2) is 0 Å². The van der Waals surface area contributed by atoms with Gasteiger partial charge in [0, 0.05) is 24.5 Å². The molecule has 0 amide bonds. The van der Waals surface area contributed by atoms with Crippen molar-refractivity contribution in [2.24, 2.45) is 5.73 Å². The Bertz CT molecular complexity index is 266. The van der Waals surface area contributed by atoms with E-state index < -0.39 is 0 Å². The lowest BCUT2D eigenvalue weighted by molar-refractivity contribution is 0.0723. The minimum absolute atomic E-state index is 0.0871. The Labute approximate surface area is 85.9 Å². The van der Waals surface area contributed by atoms with Crippen molar-refractivity contribution in [2.45, 2.75) is 39.5 Å². The van der Waals surface area contributed by atoms with Gasteiger partial charge in [0.1, 0.15) is 0 Å². The molecule has 0 spiro atoms. The second-order valence-corrected chi connectivity index (χ2v) is 3.83. The summed E-state index contributed by atoms with van der Waals surface area (Å²) in [5.41, 5.74) is 6.99. The number of nitrogens with zero attached hydrogens (tertiary/aromatic N) is 1. The van der Waals surface area contributed by atoms with E-state index in [0.29, 0.717) is 6.10 Å². The van der Waals surface area contributed by atoms with Crippen LogP contribution in [0.3, 0.4) is 0 Å². The number of hydrogen-bond donors (Lipinski definition) is 1. The van der Waals surface area contributed by atoms with Gasteiger partial charge in [0.2, 0.25) is 0 Å². The van der Waals surface area contributed by atoms with E-state index in [4.69, 9.17) is 10.5 Å². The smallest absolute Gasteiger partial charge is 0.0649 e. The topological polar surface area (TPSA) is 40.2 Å². The highest BCUT2D eigenvalue weighted by Crippen LogP contribution is 2.10. The van der Waals surface area contributed by atoms with Gasteiger partial charge in [0.25, 0.3) is 0 Å². The van der Waals surface area contributed by atoms with Crippen LogP contribution in [-0.2, 0) is 11.3 Å². The fourth-order valence-electron chi connectivity index (χ4n) is 1.43. The van der Waals surface area contributed by atoms with Crippen molar-refractivity contribution in [1.29, 1.82) is 0 Å². The molecule has 14 heavy (non-hydrogen) atoms. The Morgan fingerprint density at radius 2 is 2.14 bits per heavy atom. The van der Waals surface area contributed by atoms with Gasteiger partial charge in [-0.15, -0.1) is 0 Å². The minimum atomic E-state index is 0.0871. The van der Waals surface area contributed by atoms with Gasteiger partial charge >= 0.3 is 0 Å². The summed E-state index contributed by atoms with van der Waals surface area (Å²) in [5.74, 6) is 0. The Morgan fingerprint density at radius 3 is 2.71 bits per heavy atom. The van der Waals surface area contributed by atoms with Crippen molar-refractivity contribution in [1.82, 2.24) is 4.57 Å². The zero-order valence-corrected chi connectivity index (χ0v) is 9.23. The summed E-state index contributed by atoms with van der Waals surface area (Å²) >= 11 is 0. The maximum atomic E-state index is 5.83. The number of nitrogens with two attached hydrogens (primary N) is 1. The zero-order chi connectivity index (χ0) is 10.6. The van der Waals surface area contributed by atoms with Crippen LogP contribution in [0.2, 0.25) is 0 Å². The first-order chi connectivity index (χ1) is 6.61. The van der Waals surface area contributed by atoms with Gasteiger partial charge < -0.3 is 15.0 Å². The summed E-state index contributed by atoms with van der Waals surface area (Å²) in [6, 6.07) is 4.16. The molecule has 0 aromatic carbocycles. The summed E-state index contributed by atoms with van der Waals surface area (Å²) in [4.78, 5) is 0. The largest absolute Gasteiger partial charge is 0.377 e. The summed E-state index contributed by atoms with van der Waals surface area (Å²) in [6.07, 6.45) is 2.34. The predicted molar refractivity (Wildman–Crippen MR) is 58.1 cm³/mol. The lowest BCUT2D eigenvalue weighted by Gasteiger charge is -2.13. The molecule has 0 bridgehead atoms. The van der Waals surface area contributed by atoms with E-state index >= 15 is 0 Å². The Morgan fingerprint density at radius 1 is 1.43 bits per heavy atom. The number of aromatic nitrogens is 1. The van der Waals surface area contributed by atoms with E-state index in [1.165, 1.54) is 0 Å². The van der Waals surface area contributed by atoms with Crippen LogP contribution in [0.15, 0.2) is 18.3 Å². The van der Waals surface area contributed by atoms with E-state index in [1.807, 2.05) is 33.0 Å². The highest BCUT2D eigenvalue weighted by Gasteiger charge is 2.04. The molecule has 3 nitrogen and oxygen atoms in total. The van der Waals surface area contributed by atoms with Crippen LogP contribution in [-0.4, -0.2) is 17.3 Å². The standard InChI is InChI=1S/C11H20N2O/c1-9(2)14-8-7-13-6-4-5-11(13)10(3)12/h4-6,9-10H,7-8,12H2,1-3H3. The molecule has 1 aromatic heterocycles. The maximum Gasteiger partial charge on any atom is 0.0649 e. The zero-order valence-electron chi connectivity index (χ0n) is 9.23. The second kappa shape index (κ2) is 5.17. The van der Waals surface area contributed by atoms with Crippen molar-refractivity contribution in [3.8, 4) is 0 Å². The molecule has 1 heterocycles. The first-order valence-electron chi connectivity index (χ1n) is 5.13. The van der Waals surface area contributed by atoms with Gasteiger partial charge in [-0.1, -0.05) is 0 Å². The molecular weight excluding hydrogens is 176 g/mol. The minimum Gasteiger partial charge on any atom is -0.377 e. The monoisotopic (exact) mass is 196 g/mol. The van der Waals surface area contributed by atoms with Crippen molar-refractivity contribution in [2.75, 3.05) is 6.61 Å². The van der Waals surface area contributed by atoms with Crippen molar-refractivity contribution in [3.05, 3.63) is 24.0 Å². The predicted octanol–water partition coefficient (Wildman–Crippen LogP) is 1.93. The van der Waals surface area contributed by atoms with Crippen molar-refractivity contribution in [3.63, 3.8) is 0 Å². The first kappa shape index (κ1) is 11.3. The maximum absolute atomic E-state index is 5.83. The van der Waals surface area contributed by atoms with Gasteiger partial charge in [0.15, 0.2) is 0 Å². The molecular formula is C11H20N2O. The quantitative estimate of drug-likeness (QED) is 0.781. The molecule has 0 saturated carbocycles. The summed E-state index contributed by atoms with van der Waals surface area (Å²) in [6.45, 7) is 7.70. The molecule has 0 aliphatic heterocycles. The summed E-state index contributed by atoms with van der Waals surface area (Å²) in [5, 5.41) is 0. The van der Waals surface area contributed by atoms with E-state index in [1.54, 1.807) is 0 Å². The van der Waals surface area contributed by atoms with Crippen molar-refractivity contribution < 1.29 is 4.74 Å². The average molecular weight is 196 g/mol. The van der Waals surface area contributed by atoms with E-state index in [-0.39, 0.29) is 6.04 Å². The normalized spacial score (nSPS) is 13.5. The SMILES string of the molecule is CC(C)OCCn1cccc1C(C)N. The number of rotatable bonds is 5. The van der Waals surface area contributed by atoms with Crippen LogP contribution in [0, 0.1) is 0 Å². The van der Waals surface area contributed by atoms with E-state index in [2.05, 4.69) is 10.6 Å². The third-order valence-electron chi connectivity index (χ3n) is 2.11. The molecule has 0 fully saturated rings. The van der Waals surface area contributed by atoms with Crippen LogP contribution in [0.25, 0.3) is 0 Å². The van der Waals surface area contributed by atoms with E-state index in [0.717, 1.165) is 18.8 Å². The summed E-state index contributed by atoms with van der Waals surface area (Å²) in [7, 11) is 0. The average Bonchev–Trinajstić information content (AvgIpc) is 2.51. The van der Waals surface area contributed by atoms with Crippen molar-refractivity contribution >= 4 is 0 Å². The first-order valence-corrected chi connectivity index (χ1v) is 5.13. The lowest BCUT2D eigenvalue weighted by Crippen LogP contribution is -2.15. The molecule has 0 radical (unpaired) electrons. The van der Waals surface area contributed by atoms with Crippen LogP contribution in [0.5, 0.6) is 0 Å². The Hall–Kier alpha value is -0.800. The molecule has 0 saturated heterocycles. The van der Waals surface area contributed by atoms with Crippen LogP contribution in [0.4, 0.5) is 0 Å². The second-order valence-electron chi connectivity index (χ2n) is 3.83. The number of ether oxygens (including phenoxy) is 1. The fourth-order valence-corrected chi connectivity index (χ4v) is 1.43. The van der Waals surface area contributed by atoms with Crippen LogP contribution in [0.1, 0.15) is 32.5 Å². The molecule has 0 aliphatic carbocycles. The number of hydrogen-bond acceptors (Lipinski definition) is 2. The highest BCUT2D eigenvalue weighted by atomic mass is 16.5. The third kappa shape index (κ3) is 3.16. The highest BCUT2D eigenvalue weighted by molar-refractivity contribution is 5.10. The molecule has 1 aromatic rings. The molecule has 1 unspecified atom stereocenters. The molecule has 1 atom stereocenters. The molecule has 80 valence electrons. The fraction of sp³-hybridized carbons (Fsp3) is 0.636. The van der Waals surface area contributed by atoms with Crippen LogP contribution >= 0.6 is 0 Å². The Balaban J connectivity index is 2.46. The van der Waals surface area contributed by atoms with E-state index in [9.17, 15) is 0 Å². The third-order valence-corrected chi connectivity index (χ3v) is 2.11. The molecule has 2 N–H and O–H groups in total. The molecule has 1 rings (SSSR count). The van der Waals surface area contributed by atoms with Gasteiger partial charge in [-0.3, -0.25) is 0 Å². The summed E-state index contributed by atoms with van der Waals surface area (Å²) < 4.78 is 7.63.